The average Bonchev–Trinajstić information content (AvgIpc) is 2.34. The van der Waals surface area contributed by atoms with E-state index in [0.717, 1.165) is 30.3 Å². The molecule has 17 heavy (non-hydrogen) atoms. The van der Waals surface area contributed by atoms with Crippen LogP contribution in [0.3, 0.4) is 0 Å². The molecule has 0 amide bonds. The lowest BCUT2D eigenvalue weighted by Gasteiger charge is -2.41. The molecule has 1 aliphatic heterocycles. The molecule has 1 heterocycles. The van der Waals surface area contributed by atoms with Gasteiger partial charge in [0.2, 0.25) is 0 Å². The molecule has 2 fully saturated rings. The van der Waals surface area contributed by atoms with Crippen LogP contribution in [0.5, 0.6) is 0 Å². The summed E-state index contributed by atoms with van der Waals surface area (Å²) in [5, 5.41) is 0. The number of hydrogen-bond acceptors (Lipinski definition) is 2. The van der Waals surface area contributed by atoms with Crippen molar-refractivity contribution in [3.05, 3.63) is 0 Å². The lowest BCUT2D eigenvalue weighted by molar-refractivity contribution is 0.0776. The Kier molecular flexibility index (Phi) is 4.87. The predicted octanol–water partition coefficient (Wildman–Crippen LogP) is 2.87. The van der Waals surface area contributed by atoms with Gasteiger partial charge in [0.15, 0.2) is 0 Å². The van der Waals surface area contributed by atoms with Crippen molar-refractivity contribution in [3.8, 4) is 0 Å². The van der Waals surface area contributed by atoms with E-state index in [2.05, 4.69) is 18.7 Å². The molecular weight excluding hydrogens is 208 g/mol. The van der Waals surface area contributed by atoms with Crippen molar-refractivity contribution < 1.29 is 0 Å². The maximum atomic E-state index is 5.94. The first-order valence-electron chi connectivity index (χ1n) is 7.64. The van der Waals surface area contributed by atoms with Crippen LogP contribution in [0.2, 0.25) is 0 Å². The second-order valence-corrected chi connectivity index (χ2v) is 6.53. The van der Waals surface area contributed by atoms with Gasteiger partial charge in [-0.1, -0.05) is 19.8 Å². The molecule has 1 saturated heterocycles. The summed E-state index contributed by atoms with van der Waals surface area (Å²) in [4.78, 5) is 2.74. The summed E-state index contributed by atoms with van der Waals surface area (Å²) in [6.07, 6.45) is 8.44. The minimum Gasteiger partial charge on any atom is -0.330 e. The van der Waals surface area contributed by atoms with Gasteiger partial charge in [0.05, 0.1) is 0 Å². The summed E-state index contributed by atoms with van der Waals surface area (Å²) in [7, 11) is 0. The Morgan fingerprint density at radius 3 is 2.41 bits per heavy atom. The van der Waals surface area contributed by atoms with E-state index in [1.54, 1.807) is 0 Å². The standard InChI is InChI=1S/C15H30N2/c1-12-7-8-13(2)17(10-12)11-15-6-4-3-5-14(15)9-16/h12-15H,3-11,16H2,1-2H3. The lowest BCUT2D eigenvalue weighted by atomic mass is 9.78. The molecule has 2 rings (SSSR count). The van der Waals surface area contributed by atoms with Crippen molar-refractivity contribution in [3.63, 3.8) is 0 Å². The number of rotatable bonds is 3. The van der Waals surface area contributed by atoms with Crippen LogP contribution in [-0.4, -0.2) is 30.6 Å². The van der Waals surface area contributed by atoms with Gasteiger partial charge < -0.3 is 10.6 Å². The van der Waals surface area contributed by atoms with Gasteiger partial charge in [-0.25, -0.2) is 0 Å². The van der Waals surface area contributed by atoms with E-state index in [4.69, 9.17) is 5.73 Å². The van der Waals surface area contributed by atoms with E-state index in [1.165, 1.54) is 51.6 Å². The fourth-order valence-electron chi connectivity index (χ4n) is 3.77. The Morgan fingerprint density at radius 1 is 1.00 bits per heavy atom. The molecule has 4 unspecified atom stereocenters. The molecule has 0 radical (unpaired) electrons. The van der Waals surface area contributed by atoms with E-state index >= 15 is 0 Å². The molecule has 1 saturated carbocycles. The van der Waals surface area contributed by atoms with Gasteiger partial charge in [-0.15, -0.1) is 0 Å². The summed E-state index contributed by atoms with van der Waals surface area (Å²) >= 11 is 0. The first-order chi connectivity index (χ1) is 8.20. The van der Waals surface area contributed by atoms with E-state index in [1.807, 2.05) is 0 Å². The van der Waals surface area contributed by atoms with Crippen molar-refractivity contribution in [2.24, 2.45) is 23.5 Å². The van der Waals surface area contributed by atoms with E-state index in [9.17, 15) is 0 Å². The van der Waals surface area contributed by atoms with E-state index in [0.29, 0.717) is 0 Å². The van der Waals surface area contributed by atoms with Crippen LogP contribution in [0.4, 0.5) is 0 Å². The maximum absolute atomic E-state index is 5.94. The van der Waals surface area contributed by atoms with Crippen molar-refractivity contribution in [2.75, 3.05) is 19.6 Å². The third-order valence-corrected chi connectivity index (χ3v) is 5.09. The molecule has 4 atom stereocenters. The van der Waals surface area contributed by atoms with Gasteiger partial charge >= 0.3 is 0 Å². The smallest absolute Gasteiger partial charge is 0.00672 e. The number of likely N-dealkylation sites (tertiary alicyclic amines) is 1. The highest BCUT2D eigenvalue weighted by Gasteiger charge is 2.29. The second-order valence-electron chi connectivity index (χ2n) is 6.53. The molecule has 0 aromatic heterocycles. The molecule has 2 aliphatic rings. The highest BCUT2D eigenvalue weighted by Crippen LogP contribution is 2.32. The monoisotopic (exact) mass is 238 g/mol. The highest BCUT2D eigenvalue weighted by molar-refractivity contribution is 4.83. The molecule has 1 aliphatic carbocycles. The summed E-state index contributed by atoms with van der Waals surface area (Å²) in [5.74, 6) is 2.57. The molecule has 2 heteroatoms. The van der Waals surface area contributed by atoms with Gasteiger partial charge in [-0.2, -0.15) is 0 Å². The van der Waals surface area contributed by atoms with Gasteiger partial charge in [0, 0.05) is 19.1 Å². The molecule has 2 N–H and O–H groups in total. The van der Waals surface area contributed by atoms with Crippen LogP contribution in [0.1, 0.15) is 52.4 Å². The summed E-state index contributed by atoms with van der Waals surface area (Å²) < 4.78 is 0. The van der Waals surface area contributed by atoms with Crippen molar-refractivity contribution in [1.29, 1.82) is 0 Å². The van der Waals surface area contributed by atoms with Gasteiger partial charge in [-0.3, -0.25) is 0 Å². The fraction of sp³-hybridized carbons (Fsp3) is 1.00. The van der Waals surface area contributed by atoms with Crippen LogP contribution >= 0.6 is 0 Å². The highest BCUT2D eigenvalue weighted by atomic mass is 15.2. The van der Waals surface area contributed by atoms with Crippen molar-refractivity contribution >= 4 is 0 Å². The van der Waals surface area contributed by atoms with E-state index < -0.39 is 0 Å². The minimum absolute atomic E-state index is 0.798. The molecule has 2 nitrogen and oxygen atoms in total. The van der Waals surface area contributed by atoms with Crippen LogP contribution < -0.4 is 5.73 Å². The minimum atomic E-state index is 0.798. The van der Waals surface area contributed by atoms with Gasteiger partial charge in [-0.05, 0) is 56.9 Å². The second kappa shape index (κ2) is 6.19. The zero-order valence-corrected chi connectivity index (χ0v) is 11.7. The molecule has 0 spiro atoms. The van der Waals surface area contributed by atoms with E-state index in [-0.39, 0.29) is 0 Å². The zero-order chi connectivity index (χ0) is 12.3. The van der Waals surface area contributed by atoms with Gasteiger partial charge in [0.1, 0.15) is 0 Å². The predicted molar refractivity (Wildman–Crippen MR) is 73.9 cm³/mol. The quantitative estimate of drug-likeness (QED) is 0.819. The number of hydrogen-bond donors (Lipinski definition) is 1. The molecule has 0 aromatic rings. The Bertz CT molecular complexity index is 229. The molecular formula is C15H30N2. The maximum Gasteiger partial charge on any atom is 0.00672 e. The van der Waals surface area contributed by atoms with Crippen molar-refractivity contribution in [2.45, 2.75) is 58.4 Å². The summed E-state index contributed by atoms with van der Waals surface area (Å²) in [5.41, 5.74) is 5.94. The zero-order valence-electron chi connectivity index (χ0n) is 11.7. The molecule has 0 bridgehead atoms. The third-order valence-electron chi connectivity index (χ3n) is 5.09. The Hall–Kier alpha value is -0.0800. The van der Waals surface area contributed by atoms with Crippen LogP contribution in [0.25, 0.3) is 0 Å². The molecule has 100 valence electrons. The number of piperidine rings is 1. The largest absolute Gasteiger partial charge is 0.330 e. The SMILES string of the molecule is CC1CCC(C)N(CC2CCCCC2CN)C1. The third kappa shape index (κ3) is 3.45. The van der Waals surface area contributed by atoms with Crippen LogP contribution in [0.15, 0.2) is 0 Å². The number of nitrogens with zero attached hydrogens (tertiary/aromatic N) is 1. The van der Waals surface area contributed by atoms with Crippen molar-refractivity contribution in [1.82, 2.24) is 4.90 Å². The van der Waals surface area contributed by atoms with Crippen LogP contribution in [-0.2, 0) is 0 Å². The summed E-state index contributed by atoms with van der Waals surface area (Å²) in [6.45, 7) is 8.34. The fourth-order valence-corrected chi connectivity index (χ4v) is 3.77. The lowest BCUT2D eigenvalue weighted by Crippen LogP contribution is -2.45. The average molecular weight is 238 g/mol. The summed E-state index contributed by atoms with van der Waals surface area (Å²) in [6, 6.07) is 0.798. The Balaban J connectivity index is 1.89. The topological polar surface area (TPSA) is 29.3 Å². The number of nitrogens with two attached hydrogens (primary N) is 1. The normalized spacial score (nSPS) is 40.4. The van der Waals surface area contributed by atoms with Gasteiger partial charge in [0.25, 0.3) is 0 Å². The molecule has 0 aromatic carbocycles. The first kappa shape index (κ1) is 13.4. The first-order valence-corrected chi connectivity index (χ1v) is 7.64. The van der Waals surface area contributed by atoms with Crippen LogP contribution in [0, 0.1) is 17.8 Å². The Labute approximate surface area is 107 Å². The Morgan fingerprint density at radius 2 is 1.71 bits per heavy atom.